The van der Waals surface area contributed by atoms with Crippen LogP contribution in [0.2, 0.25) is 0 Å². The van der Waals surface area contributed by atoms with Crippen LogP contribution in [0.1, 0.15) is 23.7 Å². The molecule has 126 valence electrons. The normalized spacial score (nSPS) is 11.6. The zero-order chi connectivity index (χ0) is 17.5. The maximum Gasteiger partial charge on any atom is 0.319 e. The van der Waals surface area contributed by atoms with Gasteiger partial charge in [0.1, 0.15) is 16.1 Å². The fourth-order valence-corrected chi connectivity index (χ4v) is 2.73. The molecule has 0 fully saturated rings. The molecule has 1 amide bonds. The van der Waals surface area contributed by atoms with Crippen LogP contribution < -0.4 is 5.32 Å². The molecule has 24 heavy (non-hydrogen) atoms. The molecule has 1 aromatic carbocycles. The average molecular weight is 349 g/mol. The third-order valence-electron chi connectivity index (χ3n) is 3.07. The fourth-order valence-electron chi connectivity index (χ4n) is 1.84. The number of aromatic nitrogens is 2. The van der Waals surface area contributed by atoms with E-state index in [9.17, 15) is 14.0 Å². The highest BCUT2D eigenvalue weighted by atomic mass is 32.2. The van der Waals surface area contributed by atoms with Crippen LogP contribution in [-0.4, -0.2) is 34.4 Å². The van der Waals surface area contributed by atoms with E-state index in [4.69, 9.17) is 4.74 Å². The summed E-state index contributed by atoms with van der Waals surface area (Å²) in [7, 11) is 1.34. The van der Waals surface area contributed by atoms with Crippen molar-refractivity contribution in [1.82, 2.24) is 10.2 Å². The van der Waals surface area contributed by atoms with Crippen LogP contribution in [-0.2, 0) is 9.53 Å². The highest BCUT2D eigenvalue weighted by molar-refractivity contribution is 8.00. The van der Waals surface area contributed by atoms with Gasteiger partial charge in [-0.05, 0) is 36.8 Å². The van der Waals surface area contributed by atoms with Gasteiger partial charge in [-0.25, -0.2) is 4.39 Å². The Morgan fingerprint density at radius 3 is 2.67 bits per heavy atom. The summed E-state index contributed by atoms with van der Waals surface area (Å²) >= 11 is 1.24. The molecule has 1 heterocycles. The van der Waals surface area contributed by atoms with Gasteiger partial charge in [0.25, 0.3) is 5.91 Å². The van der Waals surface area contributed by atoms with E-state index in [0.717, 1.165) is 6.07 Å². The van der Waals surface area contributed by atoms with Gasteiger partial charge in [-0.3, -0.25) is 9.59 Å². The third kappa shape index (κ3) is 4.76. The molecule has 1 N–H and O–H groups in total. The van der Waals surface area contributed by atoms with Crippen LogP contribution in [0.25, 0.3) is 0 Å². The second-order valence-corrected chi connectivity index (χ2v) is 5.98. The number of rotatable bonds is 6. The van der Waals surface area contributed by atoms with Crippen molar-refractivity contribution in [2.45, 2.75) is 23.6 Å². The zero-order valence-electron chi connectivity index (χ0n) is 13.2. The number of carbonyl (C=O) groups is 2. The molecule has 2 rings (SSSR count). The SMILES string of the molecule is CC[C@H](Sc1ccc(NC(=O)c2cccc(F)c2)nn1)C(=O)OC. The van der Waals surface area contributed by atoms with E-state index in [1.807, 2.05) is 6.92 Å². The quantitative estimate of drug-likeness (QED) is 0.638. The standard InChI is InChI=1S/C16H16FN3O3S/c1-3-12(16(22)23-2)24-14-8-7-13(19-20-14)18-15(21)10-5-4-6-11(17)9-10/h4-9,12H,3H2,1-2H3,(H,18,19,21)/t12-/m0/s1. The van der Waals surface area contributed by atoms with Crippen LogP contribution in [0.3, 0.4) is 0 Å². The Morgan fingerprint density at radius 1 is 1.29 bits per heavy atom. The Bertz CT molecular complexity index is 725. The van der Waals surface area contributed by atoms with Crippen molar-refractivity contribution in [2.75, 3.05) is 12.4 Å². The Morgan fingerprint density at radius 2 is 2.08 bits per heavy atom. The molecule has 8 heteroatoms. The van der Waals surface area contributed by atoms with Gasteiger partial charge in [-0.15, -0.1) is 10.2 Å². The van der Waals surface area contributed by atoms with Gasteiger partial charge in [0.05, 0.1) is 7.11 Å². The van der Waals surface area contributed by atoms with Crippen molar-refractivity contribution in [3.8, 4) is 0 Å². The first-order chi connectivity index (χ1) is 11.5. The van der Waals surface area contributed by atoms with Crippen LogP contribution in [0, 0.1) is 5.82 Å². The number of amides is 1. The summed E-state index contributed by atoms with van der Waals surface area (Å²) in [5.41, 5.74) is 0.187. The molecule has 0 aliphatic carbocycles. The molecule has 0 aliphatic heterocycles. The lowest BCUT2D eigenvalue weighted by atomic mass is 10.2. The van der Waals surface area contributed by atoms with Gasteiger partial charge in [0, 0.05) is 5.56 Å². The average Bonchev–Trinajstić information content (AvgIpc) is 2.60. The van der Waals surface area contributed by atoms with Gasteiger partial charge >= 0.3 is 5.97 Å². The van der Waals surface area contributed by atoms with Crippen molar-refractivity contribution in [3.05, 3.63) is 47.8 Å². The molecule has 0 aliphatic rings. The van der Waals surface area contributed by atoms with Crippen LogP contribution >= 0.6 is 11.8 Å². The van der Waals surface area contributed by atoms with E-state index in [2.05, 4.69) is 15.5 Å². The molecule has 6 nitrogen and oxygen atoms in total. The number of benzene rings is 1. The van der Waals surface area contributed by atoms with Crippen molar-refractivity contribution < 1.29 is 18.7 Å². The number of nitrogens with zero attached hydrogens (tertiary/aromatic N) is 2. The summed E-state index contributed by atoms with van der Waals surface area (Å²) in [6.45, 7) is 1.87. The van der Waals surface area contributed by atoms with E-state index in [1.54, 1.807) is 12.1 Å². The molecule has 1 aromatic heterocycles. The summed E-state index contributed by atoms with van der Waals surface area (Å²) in [6, 6.07) is 8.55. The highest BCUT2D eigenvalue weighted by Crippen LogP contribution is 2.24. The van der Waals surface area contributed by atoms with Gasteiger partial charge in [-0.2, -0.15) is 0 Å². The molecule has 0 radical (unpaired) electrons. The molecule has 1 atom stereocenters. The number of carbonyl (C=O) groups excluding carboxylic acids is 2. The number of hydrogen-bond donors (Lipinski definition) is 1. The van der Waals surface area contributed by atoms with E-state index in [-0.39, 0.29) is 22.6 Å². The summed E-state index contributed by atoms with van der Waals surface area (Å²) in [5, 5.41) is 10.6. The van der Waals surface area contributed by atoms with Crippen molar-refractivity contribution in [1.29, 1.82) is 0 Å². The van der Waals surface area contributed by atoms with E-state index >= 15 is 0 Å². The molecular formula is C16H16FN3O3S. The third-order valence-corrected chi connectivity index (χ3v) is 4.34. The number of methoxy groups -OCH3 is 1. The summed E-state index contributed by atoms with van der Waals surface area (Å²) in [4.78, 5) is 23.6. The molecule has 0 saturated heterocycles. The van der Waals surface area contributed by atoms with Crippen LogP contribution in [0.5, 0.6) is 0 Å². The monoisotopic (exact) mass is 349 g/mol. The van der Waals surface area contributed by atoms with Gasteiger partial charge < -0.3 is 10.1 Å². The summed E-state index contributed by atoms with van der Waals surface area (Å²) < 4.78 is 17.8. The van der Waals surface area contributed by atoms with Gasteiger partial charge in [0.2, 0.25) is 0 Å². The van der Waals surface area contributed by atoms with Crippen molar-refractivity contribution >= 4 is 29.5 Å². The summed E-state index contributed by atoms with van der Waals surface area (Å²) in [5.74, 6) is -1.06. The number of anilines is 1. The minimum absolute atomic E-state index is 0.187. The van der Waals surface area contributed by atoms with E-state index in [1.165, 1.54) is 37.1 Å². The first-order valence-corrected chi connectivity index (χ1v) is 8.06. The first kappa shape index (κ1) is 17.9. The topological polar surface area (TPSA) is 81.2 Å². The van der Waals surface area contributed by atoms with Gasteiger partial charge in [0.15, 0.2) is 5.82 Å². The lowest BCUT2D eigenvalue weighted by molar-refractivity contribution is -0.140. The number of ether oxygens (including phenoxy) is 1. The molecule has 0 spiro atoms. The predicted molar refractivity (Wildman–Crippen MR) is 88.3 cm³/mol. The summed E-state index contributed by atoms with van der Waals surface area (Å²) in [6.07, 6.45) is 0.594. The van der Waals surface area contributed by atoms with Crippen LogP contribution in [0.15, 0.2) is 41.4 Å². The maximum atomic E-state index is 13.1. The number of hydrogen-bond acceptors (Lipinski definition) is 6. The maximum absolute atomic E-state index is 13.1. The number of esters is 1. The first-order valence-electron chi connectivity index (χ1n) is 7.18. The van der Waals surface area contributed by atoms with Crippen LogP contribution in [0.4, 0.5) is 10.2 Å². The molecule has 2 aromatic rings. The lowest BCUT2D eigenvalue weighted by Gasteiger charge is -2.11. The van der Waals surface area contributed by atoms with Gasteiger partial charge in [-0.1, -0.05) is 24.8 Å². The molecular weight excluding hydrogens is 333 g/mol. The Kier molecular flexibility index (Phi) is 6.25. The largest absolute Gasteiger partial charge is 0.468 e. The lowest BCUT2D eigenvalue weighted by Crippen LogP contribution is -2.18. The molecule has 0 unspecified atom stereocenters. The van der Waals surface area contributed by atoms with Crippen molar-refractivity contribution in [2.24, 2.45) is 0 Å². The Labute approximate surface area is 142 Å². The smallest absolute Gasteiger partial charge is 0.319 e. The molecule has 0 bridgehead atoms. The minimum Gasteiger partial charge on any atom is -0.468 e. The highest BCUT2D eigenvalue weighted by Gasteiger charge is 2.19. The van der Waals surface area contributed by atoms with E-state index < -0.39 is 11.7 Å². The number of nitrogens with one attached hydrogen (secondary N) is 1. The zero-order valence-corrected chi connectivity index (χ0v) is 14.0. The Hall–Kier alpha value is -2.48. The number of thioether (sulfide) groups is 1. The predicted octanol–water partition coefficient (Wildman–Crippen LogP) is 2.91. The Balaban J connectivity index is 2.01. The second-order valence-electron chi connectivity index (χ2n) is 4.76. The fraction of sp³-hybridized carbons (Fsp3) is 0.250. The second kappa shape index (κ2) is 8.39. The molecule has 0 saturated carbocycles. The number of halogens is 1. The van der Waals surface area contributed by atoms with E-state index in [0.29, 0.717) is 11.4 Å². The van der Waals surface area contributed by atoms with Crippen molar-refractivity contribution in [3.63, 3.8) is 0 Å². The minimum atomic E-state index is -0.492.